The summed E-state index contributed by atoms with van der Waals surface area (Å²) >= 11 is 0. The maximum atomic E-state index is 12.1. The Morgan fingerprint density at radius 2 is 2.00 bits per heavy atom. The number of fused-ring (bicyclic) bond motifs is 1. The van der Waals surface area contributed by atoms with Crippen LogP contribution in [0, 0.1) is 0 Å². The number of carboxylic acids is 1. The summed E-state index contributed by atoms with van der Waals surface area (Å²) in [5.74, 6) is -0.0904. The minimum atomic E-state index is -0.938. The van der Waals surface area contributed by atoms with Crippen LogP contribution in [0.1, 0.15) is 38.3 Å². The van der Waals surface area contributed by atoms with Gasteiger partial charge in [0.1, 0.15) is 11.7 Å². The molecule has 0 fully saturated rings. The van der Waals surface area contributed by atoms with E-state index in [1.807, 2.05) is 0 Å². The Morgan fingerprint density at radius 1 is 1.27 bits per heavy atom. The zero-order chi connectivity index (χ0) is 15.7. The number of aliphatic imine (C=N–C) groups is 1. The Morgan fingerprint density at radius 3 is 2.68 bits per heavy atom. The zero-order valence-corrected chi connectivity index (χ0v) is 11.8. The molecule has 2 aromatic rings. The molecule has 6 nitrogen and oxygen atoms in total. The first kappa shape index (κ1) is 14.1. The first-order chi connectivity index (χ1) is 10.5. The van der Waals surface area contributed by atoms with Crippen LogP contribution in [0.25, 0.3) is 0 Å². The van der Waals surface area contributed by atoms with E-state index < -0.39 is 5.97 Å². The van der Waals surface area contributed by atoms with Crippen molar-refractivity contribution in [2.24, 2.45) is 10.7 Å². The van der Waals surface area contributed by atoms with E-state index in [1.54, 1.807) is 30.5 Å². The molecule has 3 rings (SSSR count). The number of rotatable bonds is 4. The van der Waals surface area contributed by atoms with E-state index in [0.717, 1.165) is 17.5 Å². The van der Waals surface area contributed by atoms with Gasteiger partial charge in [0.25, 0.3) is 0 Å². The van der Waals surface area contributed by atoms with Crippen LogP contribution in [0.2, 0.25) is 0 Å². The van der Waals surface area contributed by atoms with Crippen molar-refractivity contribution in [3.63, 3.8) is 0 Å². The van der Waals surface area contributed by atoms with Gasteiger partial charge >= 0.3 is 5.97 Å². The van der Waals surface area contributed by atoms with Crippen LogP contribution in [0.15, 0.2) is 35.5 Å². The Hall–Kier alpha value is -2.89. The highest BCUT2D eigenvalue weighted by atomic mass is 16.4. The predicted molar refractivity (Wildman–Crippen MR) is 81.8 cm³/mol. The number of aromatic amines is 1. The van der Waals surface area contributed by atoms with Crippen molar-refractivity contribution in [3.05, 3.63) is 52.7 Å². The summed E-state index contributed by atoms with van der Waals surface area (Å²) < 4.78 is 0. The molecule has 0 atom stereocenters. The molecule has 0 amide bonds. The van der Waals surface area contributed by atoms with Gasteiger partial charge in [0, 0.05) is 6.20 Å². The number of aryl methyl sites for hydroxylation is 2. The van der Waals surface area contributed by atoms with E-state index in [-0.39, 0.29) is 17.8 Å². The predicted octanol–water partition coefficient (Wildman–Crippen LogP) is 2.07. The first-order valence-electron chi connectivity index (χ1n) is 6.93. The van der Waals surface area contributed by atoms with E-state index in [1.165, 1.54) is 0 Å². The summed E-state index contributed by atoms with van der Waals surface area (Å²) in [5, 5.41) is 8.87. The summed E-state index contributed by atoms with van der Waals surface area (Å²) in [6.07, 6.45) is 3.34. The van der Waals surface area contributed by atoms with E-state index in [2.05, 4.69) is 9.98 Å². The van der Waals surface area contributed by atoms with Gasteiger partial charge in [-0.3, -0.25) is 4.79 Å². The monoisotopic (exact) mass is 297 g/mol. The van der Waals surface area contributed by atoms with Gasteiger partial charge in [-0.1, -0.05) is 12.1 Å². The highest BCUT2D eigenvalue weighted by molar-refractivity contribution is 6.15. The van der Waals surface area contributed by atoms with Gasteiger partial charge in [0.05, 0.1) is 17.5 Å². The second kappa shape index (κ2) is 5.48. The molecule has 0 unspecified atom stereocenters. The van der Waals surface area contributed by atoms with E-state index in [9.17, 15) is 9.59 Å². The quantitative estimate of drug-likeness (QED) is 0.802. The normalized spacial score (nSPS) is 13.6. The van der Waals surface area contributed by atoms with Gasteiger partial charge in [-0.25, -0.2) is 9.79 Å². The Kier molecular flexibility index (Phi) is 3.50. The van der Waals surface area contributed by atoms with Crippen molar-refractivity contribution in [1.29, 1.82) is 0 Å². The number of nitrogens with two attached hydrogens (primary N) is 1. The standard InChI is InChI=1S/C16H15N3O3/c17-13-7-12(20)14-11(8-18-15(14)19-13)6-3-9-1-4-10(5-2-9)16(21)22/h1-2,4-5,8,18H,3,6-7H2,(H2,17,19)(H,21,22). The van der Waals surface area contributed by atoms with Gasteiger partial charge in [-0.05, 0) is 36.1 Å². The molecule has 1 aromatic carbocycles. The number of carbonyl (C=O) groups excluding carboxylic acids is 1. The molecular weight excluding hydrogens is 282 g/mol. The largest absolute Gasteiger partial charge is 0.478 e. The van der Waals surface area contributed by atoms with Gasteiger partial charge < -0.3 is 15.8 Å². The van der Waals surface area contributed by atoms with Crippen molar-refractivity contribution in [1.82, 2.24) is 4.98 Å². The summed E-state index contributed by atoms with van der Waals surface area (Å²) in [6, 6.07) is 6.75. The van der Waals surface area contributed by atoms with E-state index in [0.29, 0.717) is 23.6 Å². The van der Waals surface area contributed by atoms with Crippen LogP contribution in [0.5, 0.6) is 0 Å². The third kappa shape index (κ3) is 2.63. The average molecular weight is 297 g/mol. The lowest BCUT2D eigenvalue weighted by molar-refractivity contribution is 0.0696. The Balaban J connectivity index is 1.75. The summed E-state index contributed by atoms with van der Waals surface area (Å²) in [5.41, 5.74) is 8.44. The fraction of sp³-hybridized carbons (Fsp3) is 0.188. The molecule has 6 heteroatoms. The Labute approximate surface area is 126 Å². The molecule has 0 saturated carbocycles. The maximum Gasteiger partial charge on any atom is 0.335 e. The molecule has 0 saturated heterocycles. The SMILES string of the molecule is NC1=Nc2[nH]cc(CCc3ccc(C(=O)O)cc3)c2C(=O)C1. The number of H-pyrrole nitrogens is 1. The van der Waals surface area contributed by atoms with Crippen LogP contribution >= 0.6 is 0 Å². The molecule has 0 bridgehead atoms. The second-order valence-electron chi connectivity index (χ2n) is 5.24. The van der Waals surface area contributed by atoms with Crippen LogP contribution in [-0.2, 0) is 12.8 Å². The minimum absolute atomic E-state index is 0.0139. The van der Waals surface area contributed by atoms with Gasteiger partial charge in [0.2, 0.25) is 0 Å². The fourth-order valence-corrected chi connectivity index (χ4v) is 2.58. The summed E-state index contributed by atoms with van der Waals surface area (Å²) in [6.45, 7) is 0. The van der Waals surface area contributed by atoms with Crippen molar-refractivity contribution in [2.45, 2.75) is 19.3 Å². The number of Topliss-reactive ketones (excluding diaryl/α,β-unsaturated/α-hetero) is 1. The highest BCUT2D eigenvalue weighted by Crippen LogP contribution is 2.28. The number of carboxylic acid groups (broad SMARTS) is 1. The van der Waals surface area contributed by atoms with Gasteiger partial charge in [-0.2, -0.15) is 0 Å². The third-order valence-corrected chi connectivity index (χ3v) is 3.70. The van der Waals surface area contributed by atoms with Crippen LogP contribution in [-0.4, -0.2) is 27.7 Å². The highest BCUT2D eigenvalue weighted by Gasteiger charge is 2.23. The lowest BCUT2D eigenvalue weighted by Gasteiger charge is -2.09. The molecule has 0 spiro atoms. The van der Waals surface area contributed by atoms with Crippen molar-refractivity contribution < 1.29 is 14.7 Å². The number of nitrogens with one attached hydrogen (secondary N) is 1. The van der Waals surface area contributed by atoms with Gasteiger partial charge in [0.15, 0.2) is 5.78 Å². The summed E-state index contributed by atoms with van der Waals surface area (Å²) in [4.78, 5) is 30.0. The molecule has 112 valence electrons. The number of carbonyl (C=O) groups is 2. The molecular formula is C16H15N3O3. The average Bonchev–Trinajstić information content (AvgIpc) is 2.88. The lowest BCUT2D eigenvalue weighted by atomic mass is 9.98. The molecule has 1 aromatic heterocycles. The smallest absolute Gasteiger partial charge is 0.335 e. The number of nitrogens with zero attached hydrogens (tertiary/aromatic N) is 1. The molecule has 2 heterocycles. The molecule has 1 aliphatic rings. The number of hydrogen-bond acceptors (Lipinski definition) is 4. The van der Waals surface area contributed by atoms with Crippen molar-refractivity contribution in [3.8, 4) is 0 Å². The topological polar surface area (TPSA) is 109 Å². The number of aromatic carboxylic acids is 1. The minimum Gasteiger partial charge on any atom is -0.478 e. The van der Waals surface area contributed by atoms with E-state index in [4.69, 9.17) is 10.8 Å². The molecule has 0 radical (unpaired) electrons. The van der Waals surface area contributed by atoms with Crippen LogP contribution < -0.4 is 5.73 Å². The van der Waals surface area contributed by atoms with Gasteiger partial charge in [-0.15, -0.1) is 0 Å². The third-order valence-electron chi connectivity index (χ3n) is 3.70. The first-order valence-corrected chi connectivity index (χ1v) is 6.93. The number of benzene rings is 1. The number of aromatic nitrogens is 1. The number of hydrogen-bond donors (Lipinski definition) is 3. The van der Waals surface area contributed by atoms with Crippen molar-refractivity contribution in [2.75, 3.05) is 0 Å². The van der Waals surface area contributed by atoms with Crippen LogP contribution in [0.3, 0.4) is 0 Å². The molecule has 22 heavy (non-hydrogen) atoms. The van der Waals surface area contributed by atoms with Crippen LogP contribution in [0.4, 0.5) is 5.82 Å². The fourth-order valence-electron chi connectivity index (χ4n) is 2.58. The molecule has 0 aliphatic carbocycles. The van der Waals surface area contributed by atoms with Crippen molar-refractivity contribution >= 4 is 23.4 Å². The number of amidine groups is 1. The van der Waals surface area contributed by atoms with E-state index >= 15 is 0 Å². The summed E-state index contributed by atoms with van der Waals surface area (Å²) in [7, 11) is 0. The maximum absolute atomic E-state index is 12.1. The molecule has 1 aliphatic heterocycles. The second-order valence-corrected chi connectivity index (χ2v) is 5.24. The number of ketones is 1. The Bertz CT molecular complexity index is 772. The zero-order valence-electron chi connectivity index (χ0n) is 11.8. The molecule has 4 N–H and O–H groups in total. The lowest BCUT2D eigenvalue weighted by Crippen LogP contribution is -2.20.